The average Bonchev–Trinajstić information content (AvgIpc) is 2.87. The predicted molar refractivity (Wildman–Crippen MR) is 74.5 cm³/mol. The second-order valence-corrected chi connectivity index (χ2v) is 5.86. The van der Waals surface area contributed by atoms with Crippen molar-refractivity contribution < 1.29 is 9.26 Å². The molecule has 6 nitrogen and oxygen atoms in total. The lowest BCUT2D eigenvalue weighted by Gasteiger charge is -2.31. The third-order valence-electron chi connectivity index (χ3n) is 4.35. The van der Waals surface area contributed by atoms with E-state index in [1.165, 1.54) is 0 Å². The first-order valence-corrected chi connectivity index (χ1v) is 7.66. The molecule has 1 aromatic rings. The second-order valence-electron chi connectivity index (χ2n) is 5.86. The molecular formula is C14H24N4O2. The Labute approximate surface area is 119 Å². The van der Waals surface area contributed by atoms with Crippen molar-refractivity contribution in [3.8, 4) is 0 Å². The summed E-state index contributed by atoms with van der Waals surface area (Å²) in [6.45, 7) is 10.2. The molecule has 2 saturated heterocycles. The fraction of sp³-hybridized carbons (Fsp3) is 0.857. The summed E-state index contributed by atoms with van der Waals surface area (Å²) in [5, 5.41) is 7.42. The van der Waals surface area contributed by atoms with Crippen molar-refractivity contribution in [3.05, 3.63) is 11.7 Å². The first-order chi connectivity index (χ1) is 9.78. The van der Waals surface area contributed by atoms with Crippen LogP contribution in [0.25, 0.3) is 0 Å². The number of ether oxygens (including phenoxy) is 1. The zero-order chi connectivity index (χ0) is 13.9. The predicted octanol–water partition coefficient (Wildman–Crippen LogP) is 1.18. The van der Waals surface area contributed by atoms with Crippen LogP contribution in [-0.4, -0.2) is 54.4 Å². The Kier molecular flexibility index (Phi) is 4.33. The zero-order valence-electron chi connectivity index (χ0n) is 12.3. The van der Waals surface area contributed by atoms with Crippen molar-refractivity contribution in [1.29, 1.82) is 0 Å². The van der Waals surface area contributed by atoms with Crippen molar-refractivity contribution in [2.75, 3.05) is 39.3 Å². The summed E-state index contributed by atoms with van der Waals surface area (Å²) in [5.74, 6) is 2.41. The van der Waals surface area contributed by atoms with Crippen LogP contribution >= 0.6 is 0 Å². The van der Waals surface area contributed by atoms with E-state index in [0.29, 0.717) is 17.7 Å². The molecule has 2 aliphatic rings. The minimum Gasteiger partial charge on any atom is -0.367 e. The van der Waals surface area contributed by atoms with Crippen LogP contribution in [-0.2, 0) is 4.74 Å². The Hall–Kier alpha value is -0.980. The maximum atomic E-state index is 5.80. The summed E-state index contributed by atoms with van der Waals surface area (Å²) in [6, 6.07) is 0. The number of hydrogen-bond acceptors (Lipinski definition) is 6. The van der Waals surface area contributed by atoms with Gasteiger partial charge in [-0.1, -0.05) is 19.0 Å². The first kappa shape index (κ1) is 14.0. The summed E-state index contributed by atoms with van der Waals surface area (Å²) in [7, 11) is 0. The Balaban J connectivity index is 1.63. The van der Waals surface area contributed by atoms with Gasteiger partial charge in [0.1, 0.15) is 6.10 Å². The van der Waals surface area contributed by atoms with Gasteiger partial charge in [0.25, 0.3) is 0 Å². The monoisotopic (exact) mass is 280 g/mol. The maximum absolute atomic E-state index is 5.80. The van der Waals surface area contributed by atoms with Crippen LogP contribution in [0.5, 0.6) is 0 Å². The number of nitrogens with one attached hydrogen (secondary N) is 1. The minimum atomic E-state index is -0.0421. The summed E-state index contributed by atoms with van der Waals surface area (Å²) < 4.78 is 11.2. The number of hydrogen-bond donors (Lipinski definition) is 1. The molecule has 3 heterocycles. The lowest BCUT2D eigenvalue weighted by molar-refractivity contribution is -0.0350. The fourth-order valence-electron chi connectivity index (χ4n) is 2.81. The van der Waals surface area contributed by atoms with Gasteiger partial charge < -0.3 is 14.6 Å². The maximum Gasteiger partial charge on any atom is 0.229 e. The van der Waals surface area contributed by atoms with E-state index >= 15 is 0 Å². The lowest BCUT2D eigenvalue weighted by Crippen LogP contribution is -2.44. The summed E-state index contributed by atoms with van der Waals surface area (Å²) in [4.78, 5) is 6.98. The highest BCUT2D eigenvalue weighted by atomic mass is 16.5. The largest absolute Gasteiger partial charge is 0.367 e. The minimum absolute atomic E-state index is 0.0421. The topological polar surface area (TPSA) is 63.4 Å². The van der Waals surface area contributed by atoms with Gasteiger partial charge in [-0.2, -0.15) is 4.98 Å². The van der Waals surface area contributed by atoms with E-state index in [-0.39, 0.29) is 6.10 Å². The van der Waals surface area contributed by atoms with E-state index in [4.69, 9.17) is 9.26 Å². The van der Waals surface area contributed by atoms with Gasteiger partial charge in [0.15, 0.2) is 0 Å². The molecule has 0 amide bonds. The highest BCUT2D eigenvalue weighted by molar-refractivity contribution is 5.01. The van der Waals surface area contributed by atoms with Crippen LogP contribution in [0.1, 0.15) is 44.0 Å². The third-order valence-corrected chi connectivity index (χ3v) is 4.35. The molecule has 0 aromatic carbocycles. The Morgan fingerprint density at radius 2 is 2.30 bits per heavy atom. The molecule has 2 fully saturated rings. The average molecular weight is 280 g/mol. The molecule has 112 valence electrons. The number of aromatic nitrogens is 2. The highest BCUT2D eigenvalue weighted by Gasteiger charge is 2.31. The van der Waals surface area contributed by atoms with Gasteiger partial charge >= 0.3 is 0 Å². The van der Waals surface area contributed by atoms with E-state index in [1.54, 1.807) is 0 Å². The van der Waals surface area contributed by atoms with Crippen molar-refractivity contribution in [2.45, 2.75) is 32.3 Å². The van der Waals surface area contributed by atoms with Gasteiger partial charge in [0, 0.05) is 19.0 Å². The molecule has 2 atom stereocenters. The smallest absolute Gasteiger partial charge is 0.229 e. The molecule has 3 rings (SSSR count). The molecule has 20 heavy (non-hydrogen) atoms. The molecule has 0 bridgehead atoms. The van der Waals surface area contributed by atoms with Crippen LogP contribution in [0.3, 0.4) is 0 Å². The van der Waals surface area contributed by atoms with E-state index in [2.05, 4.69) is 34.2 Å². The number of morpholine rings is 1. The van der Waals surface area contributed by atoms with Crippen LogP contribution in [0.15, 0.2) is 4.52 Å². The van der Waals surface area contributed by atoms with E-state index in [9.17, 15) is 0 Å². The Morgan fingerprint density at radius 1 is 1.45 bits per heavy atom. The molecule has 1 aromatic heterocycles. The molecule has 0 spiro atoms. The van der Waals surface area contributed by atoms with Crippen LogP contribution in [0.4, 0.5) is 0 Å². The zero-order valence-corrected chi connectivity index (χ0v) is 12.3. The molecule has 0 radical (unpaired) electrons. The van der Waals surface area contributed by atoms with Crippen molar-refractivity contribution in [3.63, 3.8) is 0 Å². The molecule has 6 heteroatoms. The van der Waals surface area contributed by atoms with Gasteiger partial charge in [-0.25, -0.2) is 0 Å². The van der Waals surface area contributed by atoms with E-state index in [1.807, 2.05) is 0 Å². The Morgan fingerprint density at radius 3 is 3.00 bits per heavy atom. The van der Waals surface area contributed by atoms with Gasteiger partial charge in [-0.05, 0) is 32.0 Å². The molecule has 0 saturated carbocycles. The van der Waals surface area contributed by atoms with Gasteiger partial charge in [0.2, 0.25) is 11.7 Å². The summed E-state index contributed by atoms with van der Waals surface area (Å²) in [5.41, 5.74) is 0. The van der Waals surface area contributed by atoms with Gasteiger partial charge in [-0.3, -0.25) is 4.90 Å². The van der Waals surface area contributed by atoms with Crippen molar-refractivity contribution >= 4 is 0 Å². The first-order valence-electron chi connectivity index (χ1n) is 7.66. The number of rotatable bonds is 5. The normalized spacial score (nSPS) is 26.4. The SMILES string of the molecule is CCCN1CCOC(c2noc(C(C)C3CNC3)n2)C1. The lowest BCUT2D eigenvalue weighted by atomic mass is 9.89. The van der Waals surface area contributed by atoms with E-state index in [0.717, 1.165) is 51.6 Å². The summed E-state index contributed by atoms with van der Waals surface area (Å²) in [6.07, 6.45) is 1.12. The third kappa shape index (κ3) is 2.87. The quantitative estimate of drug-likeness (QED) is 0.873. The van der Waals surface area contributed by atoms with Gasteiger partial charge in [-0.15, -0.1) is 0 Å². The molecule has 1 N–H and O–H groups in total. The summed E-state index contributed by atoms with van der Waals surface area (Å²) >= 11 is 0. The van der Waals surface area contributed by atoms with Crippen LogP contribution in [0.2, 0.25) is 0 Å². The molecular weight excluding hydrogens is 256 g/mol. The van der Waals surface area contributed by atoms with Crippen LogP contribution in [0, 0.1) is 5.92 Å². The number of nitrogens with zero attached hydrogens (tertiary/aromatic N) is 3. The highest BCUT2D eigenvalue weighted by Crippen LogP contribution is 2.27. The second kappa shape index (κ2) is 6.20. The molecule has 2 unspecified atom stereocenters. The fourth-order valence-corrected chi connectivity index (χ4v) is 2.81. The molecule has 0 aliphatic carbocycles. The van der Waals surface area contributed by atoms with Gasteiger partial charge in [0.05, 0.1) is 6.61 Å². The van der Waals surface area contributed by atoms with Crippen LogP contribution < -0.4 is 5.32 Å². The Bertz CT molecular complexity index is 431. The van der Waals surface area contributed by atoms with Crippen molar-refractivity contribution in [2.24, 2.45) is 5.92 Å². The standard InChI is InChI=1S/C14H24N4O2/c1-3-4-18-5-6-19-12(9-18)13-16-14(20-17-13)10(2)11-7-15-8-11/h10-12,15H,3-9H2,1-2H3. The molecule has 2 aliphatic heterocycles. The van der Waals surface area contributed by atoms with E-state index < -0.39 is 0 Å². The van der Waals surface area contributed by atoms with Crippen molar-refractivity contribution in [1.82, 2.24) is 20.4 Å².